The predicted octanol–water partition coefficient (Wildman–Crippen LogP) is 1.93. The molecule has 7 nitrogen and oxygen atoms in total. The number of nitrogens with one attached hydrogen (secondary N) is 1. The summed E-state index contributed by atoms with van der Waals surface area (Å²) < 4.78 is 3.36. The van der Waals surface area contributed by atoms with E-state index in [1.54, 1.807) is 21.7 Å². The summed E-state index contributed by atoms with van der Waals surface area (Å²) in [5, 5.41) is 11.2. The first-order chi connectivity index (χ1) is 9.95. The smallest absolute Gasteiger partial charge is 0.295 e. The lowest BCUT2D eigenvalue weighted by Gasteiger charge is -2.17. The highest BCUT2D eigenvalue weighted by atomic mass is 16.2. The van der Waals surface area contributed by atoms with Gasteiger partial charge in [0.05, 0.1) is 22.9 Å². The van der Waals surface area contributed by atoms with Crippen LogP contribution in [0.4, 0.5) is 5.69 Å². The Morgan fingerprint density at radius 3 is 2.81 bits per heavy atom. The van der Waals surface area contributed by atoms with Gasteiger partial charge >= 0.3 is 0 Å². The van der Waals surface area contributed by atoms with E-state index in [-0.39, 0.29) is 17.3 Å². The molecule has 3 aromatic heterocycles. The third-order valence-electron chi connectivity index (χ3n) is 3.06. The molecule has 21 heavy (non-hydrogen) atoms. The number of nitrogens with zero attached hydrogens (tertiary/aromatic N) is 5. The van der Waals surface area contributed by atoms with Gasteiger partial charge in [-0.25, -0.2) is 14.2 Å². The van der Waals surface area contributed by atoms with Crippen LogP contribution in [0.25, 0.3) is 5.52 Å². The summed E-state index contributed by atoms with van der Waals surface area (Å²) in [4.78, 5) is 16.3. The maximum absolute atomic E-state index is 12.2. The van der Waals surface area contributed by atoms with Gasteiger partial charge in [0, 0.05) is 6.20 Å². The number of carbonyl (C=O) groups is 1. The molecule has 108 valence electrons. The third kappa shape index (κ3) is 2.49. The summed E-state index contributed by atoms with van der Waals surface area (Å²) in [5.41, 5.74) is 1.24. The first-order valence-corrected chi connectivity index (χ1v) is 6.61. The normalized spacial score (nSPS) is 11.8. The van der Waals surface area contributed by atoms with E-state index in [0.717, 1.165) is 5.52 Å². The number of aromatic nitrogens is 5. The van der Waals surface area contributed by atoms with E-state index < -0.39 is 0 Å². The molecule has 0 spiro atoms. The molecule has 0 atom stereocenters. The first-order valence-electron chi connectivity index (χ1n) is 6.61. The monoisotopic (exact) mass is 284 g/mol. The molecule has 1 amide bonds. The SMILES string of the molecule is CC(C)(C)n1cnc(C(=O)Nc2cnn3ccccc23)n1. The highest BCUT2D eigenvalue weighted by molar-refractivity contribution is 6.03. The van der Waals surface area contributed by atoms with Gasteiger partial charge in [0.25, 0.3) is 5.91 Å². The Bertz CT molecular complexity index is 795. The third-order valence-corrected chi connectivity index (χ3v) is 3.06. The maximum atomic E-state index is 12.2. The van der Waals surface area contributed by atoms with Crippen LogP contribution < -0.4 is 5.32 Å². The second-order valence-electron chi connectivity index (χ2n) is 5.73. The molecule has 1 N–H and O–H groups in total. The second kappa shape index (κ2) is 4.69. The molecule has 0 aromatic carbocycles. The molecule has 0 fully saturated rings. The van der Waals surface area contributed by atoms with Crippen LogP contribution in [-0.2, 0) is 5.54 Å². The number of fused-ring (bicyclic) bond motifs is 1. The minimum atomic E-state index is -0.350. The molecule has 7 heteroatoms. The van der Waals surface area contributed by atoms with Crippen molar-refractivity contribution in [3.8, 4) is 0 Å². The van der Waals surface area contributed by atoms with Crippen LogP contribution in [0.3, 0.4) is 0 Å². The lowest BCUT2D eigenvalue weighted by atomic mass is 10.1. The number of hydrogen-bond donors (Lipinski definition) is 1. The van der Waals surface area contributed by atoms with Crippen molar-refractivity contribution in [1.82, 2.24) is 24.4 Å². The van der Waals surface area contributed by atoms with Crippen LogP contribution in [0, 0.1) is 0 Å². The van der Waals surface area contributed by atoms with Crippen LogP contribution in [-0.4, -0.2) is 30.3 Å². The largest absolute Gasteiger partial charge is 0.316 e. The molecule has 0 unspecified atom stereocenters. The molecule has 3 heterocycles. The standard InChI is InChI=1S/C14H16N6O/c1-14(2,3)20-9-15-12(18-20)13(21)17-10-8-16-19-7-5-4-6-11(10)19/h4-9H,1-3H3,(H,17,21). The van der Waals surface area contributed by atoms with Gasteiger partial charge in [-0.2, -0.15) is 5.10 Å². The molecule has 0 saturated carbocycles. The van der Waals surface area contributed by atoms with Crippen molar-refractivity contribution in [3.63, 3.8) is 0 Å². The Morgan fingerprint density at radius 2 is 2.10 bits per heavy atom. The Balaban J connectivity index is 1.85. The van der Waals surface area contributed by atoms with Crippen molar-refractivity contribution in [2.24, 2.45) is 0 Å². The number of amides is 1. The molecule has 0 aliphatic heterocycles. The van der Waals surface area contributed by atoms with Gasteiger partial charge in [-0.1, -0.05) is 6.07 Å². The Labute approximate surface area is 121 Å². The van der Waals surface area contributed by atoms with E-state index in [4.69, 9.17) is 0 Å². The van der Waals surface area contributed by atoms with Crippen molar-refractivity contribution in [2.75, 3.05) is 5.32 Å². The summed E-state index contributed by atoms with van der Waals surface area (Å²) in [6, 6.07) is 5.64. The van der Waals surface area contributed by atoms with Crippen molar-refractivity contribution >= 4 is 17.1 Å². The van der Waals surface area contributed by atoms with Crippen molar-refractivity contribution in [3.05, 3.63) is 42.7 Å². The average Bonchev–Trinajstić information content (AvgIpc) is 3.05. The summed E-state index contributed by atoms with van der Waals surface area (Å²) in [7, 11) is 0. The van der Waals surface area contributed by atoms with Crippen molar-refractivity contribution < 1.29 is 4.79 Å². The molecule has 0 radical (unpaired) electrons. The summed E-state index contributed by atoms with van der Waals surface area (Å²) in [6.45, 7) is 5.98. The van der Waals surface area contributed by atoms with Gasteiger partial charge in [-0.3, -0.25) is 4.79 Å². The Morgan fingerprint density at radius 1 is 1.29 bits per heavy atom. The zero-order valence-electron chi connectivity index (χ0n) is 12.1. The number of anilines is 1. The van der Waals surface area contributed by atoms with Crippen molar-refractivity contribution in [1.29, 1.82) is 0 Å². The number of pyridine rings is 1. The van der Waals surface area contributed by atoms with E-state index >= 15 is 0 Å². The van der Waals surface area contributed by atoms with Crippen LogP contribution in [0.5, 0.6) is 0 Å². The van der Waals surface area contributed by atoms with E-state index in [1.807, 2.05) is 45.2 Å². The molecule has 0 bridgehead atoms. The fraction of sp³-hybridized carbons (Fsp3) is 0.286. The number of hydrogen-bond acceptors (Lipinski definition) is 4. The zero-order valence-corrected chi connectivity index (χ0v) is 12.1. The van der Waals surface area contributed by atoms with Gasteiger partial charge in [-0.15, -0.1) is 5.10 Å². The van der Waals surface area contributed by atoms with Gasteiger partial charge in [0.2, 0.25) is 5.82 Å². The average molecular weight is 284 g/mol. The van der Waals surface area contributed by atoms with Gasteiger partial charge < -0.3 is 5.32 Å². The Kier molecular flexibility index (Phi) is 2.97. The van der Waals surface area contributed by atoms with Crippen LogP contribution in [0.15, 0.2) is 36.9 Å². The summed E-state index contributed by atoms with van der Waals surface area (Å²) >= 11 is 0. The highest BCUT2D eigenvalue weighted by Crippen LogP contribution is 2.16. The fourth-order valence-corrected chi connectivity index (χ4v) is 1.90. The topological polar surface area (TPSA) is 77.1 Å². The van der Waals surface area contributed by atoms with Crippen LogP contribution >= 0.6 is 0 Å². The lowest BCUT2D eigenvalue weighted by Crippen LogP contribution is -2.23. The minimum Gasteiger partial charge on any atom is -0.316 e. The molecule has 0 saturated heterocycles. The number of carbonyl (C=O) groups excluding carboxylic acids is 1. The van der Waals surface area contributed by atoms with Gasteiger partial charge in [0.15, 0.2) is 0 Å². The molecule has 3 rings (SSSR count). The van der Waals surface area contributed by atoms with Crippen LogP contribution in [0.2, 0.25) is 0 Å². The number of rotatable bonds is 2. The van der Waals surface area contributed by atoms with Crippen LogP contribution in [0.1, 0.15) is 31.4 Å². The predicted molar refractivity (Wildman–Crippen MR) is 78.2 cm³/mol. The maximum Gasteiger partial charge on any atom is 0.295 e. The van der Waals surface area contributed by atoms with Crippen molar-refractivity contribution in [2.45, 2.75) is 26.3 Å². The lowest BCUT2D eigenvalue weighted by molar-refractivity contribution is 0.101. The summed E-state index contributed by atoms with van der Waals surface area (Å²) in [5.74, 6) is -0.211. The highest BCUT2D eigenvalue weighted by Gasteiger charge is 2.19. The fourth-order valence-electron chi connectivity index (χ4n) is 1.90. The Hall–Kier alpha value is -2.70. The molecular weight excluding hydrogens is 268 g/mol. The zero-order chi connectivity index (χ0) is 15.0. The van der Waals surface area contributed by atoms with Gasteiger partial charge in [-0.05, 0) is 32.9 Å². The van der Waals surface area contributed by atoms with E-state index in [0.29, 0.717) is 5.69 Å². The molecule has 0 aliphatic rings. The molecular formula is C14H16N6O. The second-order valence-corrected chi connectivity index (χ2v) is 5.73. The summed E-state index contributed by atoms with van der Waals surface area (Å²) in [6.07, 6.45) is 4.98. The quantitative estimate of drug-likeness (QED) is 0.780. The first kappa shape index (κ1) is 13.3. The van der Waals surface area contributed by atoms with E-state index in [9.17, 15) is 4.79 Å². The minimum absolute atomic E-state index is 0.139. The van der Waals surface area contributed by atoms with Gasteiger partial charge in [0.1, 0.15) is 6.33 Å². The molecule has 0 aliphatic carbocycles. The van der Waals surface area contributed by atoms with E-state index in [1.165, 1.54) is 0 Å². The molecule has 3 aromatic rings. The van der Waals surface area contributed by atoms with E-state index in [2.05, 4.69) is 20.5 Å².